The van der Waals surface area contributed by atoms with E-state index < -0.39 is 6.10 Å². The molecule has 4 heteroatoms. The van der Waals surface area contributed by atoms with Crippen molar-refractivity contribution >= 4 is 0 Å². The number of aliphatic hydroxyl groups is 1. The number of aliphatic hydroxyl groups excluding tert-OH is 1. The first-order valence-corrected chi connectivity index (χ1v) is 7.59. The molecular formula is C16H26O4. The Kier molecular flexibility index (Phi) is 3.49. The van der Waals surface area contributed by atoms with Gasteiger partial charge in [-0.15, -0.1) is 0 Å². The molecule has 2 heterocycles. The molecule has 20 heavy (non-hydrogen) atoms. The predicted octanol–water partition coefficient (Wildman–Crippen LogP) is 2.06. The van der Waals surface area contributed by atoms with E-state index in [4.69, 9.17) is 14.2 Å². The SMILES string of the molecule is COC1C(O)CC[C@]2(CO2)C1[C@@]1(C)O[C@@H]1CC=C(C)C. The van der Waals surface area contributed by atoms with Crippen molar-refractivity contribution in [1.29, 1.82) is 0 Å². The van der Waals surface area contributed by atoms with Gasteiger partial charge in [-0.05, 0) is 40.0 Å². The maximum atomic E-state index is 10.2. The van der Waals surface area contributed by atoms with E-state index in [9.17, 15) is 5.11 Å². The molecule has 0 aromatic rings. The number of methoxy groups -OCH3 is 1. The zero-order chi connectivity index (χ0) is 14.5. The second-order valence-electron chi connectivity index (χ2n) is 6.94. The van der Waals surface area contributed by atoms with E-state index in [0.29, 0.717) is 0 Å². The Morgan fingerprint density at radius 3 is 2.70 bits per heavy atom. The van der Waals surface area contributed by atoms with Gasteiger partial charge in [0.15, 0.2) is 0 Å². The standard InChI is InChI=1S/C16H26O4/c1-10(2)5-6-12-15(3,20-12)14-13(18-4)11(17)7-8-16(14)9-19-16/h5,11-14,17H,6-9H2,1-4H3/t11?,12-,13?,14?,15+,16+/m1/s1. The van der Waals surface area contributed by atoms with Crippen molar-refractivity contribution < 1.29 is 19.3 Å². The number of allylic oxidation sites excluding steroid dienone is 1. The Bertz CT molecular complexity index is 411. The van der Waals surface area contributed by atoms with Crippen molar-refractivity contribution in [2.45, 2.75) is 69.5 Å². The van der Waals surface area contributed by atoms with Gasteiger partial charge < -0.3 is 19.3 Å². The highest BCUT2D eigenvalue weighted by Gasteiger charge is 2.71. The number of ether oxygens (including phenoxy) is 3. The molecule has 3 rings (SSSR count). The van der Waals surface area contributed by atoms with Gasteiger partial charge in [-0.2, -0.15) is 0 Å². The fourth-order valence-electron chi connectivity index (χ4n) is 3.96. The molecule has 1 saturated carbocycles. The quantitative estimate of drug-likeness (QED) is 0.633. The lowest BCUT2D eigenvalue weighted by atomic mass is 9.68. The summed E-state index contributed by atoms with van der Waals surface area (Å²) >= 11 is 0. The van der Waals surface area contributed by atoms with Crippen molar-refractivity contribution in [2.24, 2.45) is 5.92 Å². The molecule has 3 unspecified atom stereocenters. The molecule has 0 bridgehead atoms. The van der Waals surface area contributed by atoms with E-state index in [1.165, 1.54) is 5.57 Å². The zero-order valence-corrected chi connectivity index (χ0v) is 12.9. The fourth-order valence-corrected chi connectivity index (χ4v) is 3.96. The first kappa shape index (κ1) is 14.5. The first-order valence-electron chi connectivity index (χ1n) is 7.59. The molecular weight excluding hydrogens is 256 g/mol. The van der Waals surface area contributed by atoms with Gasteiger partial charge >= 0.3 is 0 Å². The molecule has 2 aliphatic heterocycles. The van der Waals surface area contributed by atoms with Gasteiger partial charge in [0.2, 0.25) is 0 Å². The van der Waals surface area contributed by atoms with Crippen LogP contribution in [0.2, 0.25) is 0 Å². The predicted molar refractivity (Wildman–Crippen MR) is 75.5 cm³/mol. The Morgan fingerprint density at radius 2 is 2.15 bits per heavy atom. The monoisotopic (exact) mass is 282 g/mol. The van der Waals surface area contributed by atoms with Crippen molar-refractivity contribution in [3.05, 3.63) is 11.6 Å². The van der Waals surface area contributed by atoms with Crippen LogP contribution in [0, 0.1) is 5.92 Å². The molecule has 6 atom stereocenters. The lowest BCUT2D eigenvalue weighted by molar-refractivity contribution is -0.116. The summed E-state index contributed by atoms with van der Waals surface area (Å²) in [4.78, 5) is 0. The van der Waals surface area contributed by atoms with E-state index >= 15 is 0 Å². The number of epoxide rings is 2. The van der Waals surface area contributed by atoms with Gasteiger partial charge in [0, 0.05) is 7.11 Å². The summed E-state index contributed by atoms with van der Waals surface area (Å²) in [6, 6.07) is 0. The second kappa shape index (κ2) is 4.80. The molecule has 1 spiro atoms. The van der Waals surface area contributed by atoms with Crippen molar-refractivity contribution in [3.63, 3.8) is 0 Å². The van der Waals surface area contributed by atoms with Gasteiger partial charge in [-0.25, -0.2) is 0 Å². The van der Waals surface area contributed by atoms with E-state index in [0.717, 1.165) is 25.9 Å². The summed E-state index contributed by atoms with van der Waals surface area (Å²) in [5, 5.41) is 10.2. The van der Waals surface area contributed by atoms with Crippen molar-refractivity contribution in [1.82, 2.24) is 0 Å². The van der Waals surface area contributed by atoms with E-state index in [1.54, 1.807) is 7.11 Å². The summed E-state index contributed by atoms with van der Waals surface area (Å²) in [6.07, 6.45) is 4.43. The highest BCUT2D eigenvalue weighted by atomic mass is 16.6. The summed E-state index contributed by atoms with van der Waals surface area (Å²) in [6.45, 7) is 7.13. The molecule has 0 aromatic heterocycles. The lowest BCUT2D eigenvalue weighted by Gasteiger charge is -2.41. The largest absolute Gasteiger partial charge is 0.390 e. The lowest BCUT2D eigenvalue weighted by Crippen LogP contribution is -2.54. The van der Waals surface area contributed by atoms with Crippen LogP contribution < -0.4 is 0 Å². The van der Waals surface area contributed by atoms with Crippen LogP contribution in [-0.2, 0) is 14.2 Å². The van der Waals surface area contributed by atoms with Gasteiger partial charge in [0.1, 0.15) is 5.60 Å². The van der Waals surface area contributed by atoms with Gasteiger partial charge in [-0.1, -0.05) is 11.6 Å². The molecule has 0 aromatic carbocycles. The molecule has 3 aliphatic rings. The second-order valence-corrected chi connectivity index (χ2v) is 6.94. The average molecular weight is 282 g/mol. The van der Waals surface area contributed by atoms with Crippen LogP contribution in [0.25, 0.3) is 0 Å². The molecule has 114 valence electrons. The topological polar surface area (TPSA) is 54.5 Å². The van der Waals surface area contributed by atoms with Crippen LogP contribution in [0.4, 0.5) is 0 Å². The molecule has 4 nitrogen and oxygen atoms in total. The highest BCUT2D eigenvalue weighted by Crippen LogP contribution is 2.59. The minimum atomic E-state index is -0.412. The Labute approximate surface area is 121 Å². The van der Waals surface area contributed by atoms with Crippen LogP contribution in [0.15, 0.2) is 11.6 Å². The average Bonchev–Trinajstić information content (AvgIpc) is 3.29. The molecule has 3 fully saturated rings. The highest BCUT2D eigenvalue weighted by molar-refractivity contribution is 5.20. The molecule has 0 amide bonds. The Hall–Kier alpha value is -0.420. The maximum Gasteiger partial charge on any atom is 0.101 e. The molecule has 1 N–H and O–H groups in total. The van der Waals surface area contributed by atoms with Gasteiger partial charge in [0.25, 0.3) is 0 Å². The fraction of sp³-hybridized carbons (Fsp3) is 0.875. The minimum Gasteiger partial charge on any atom is -0.390 e. The zero-order valence-electron chi connectivity index (χ0n) is 12.9. The Balaban J connectivity index is 1.78. The van der Waals surface area contributed by atoms with Crippen LogP contribution >= 0.6 is 0 Å². The summed E-state index contributed by atoms with van der Waals surface area (Å²) < 4.78 is 17.4. The number of rotatable bonds is 4. The molecule has 2 saturated heterocycles. The summed E-state index contributed by atoms with van der Waals surface area (Å²) in [5.74, 6) is 0.124. The van der Waals surface area contributed by atoms with Crippen molar-refractivity contribution in [2.75, 3.05) is 13.7 Å². The number of hydrogen-bond acceptors (Lipinski definition) is 4. The van der Waals surface area contributed by atoms with Crippen LogP contribution in [-0.4, -0.2) is 48.3 Å². The smallest absolute Gasteiger partial charge is 0.101 e. The normalized spacial score (nSPS) is 50.0. The maximum absolute atomic E-state index is 10.2. The first-order chi connectivity index (χ1) is 9.43. The van der Waals surface area contributed by atoms with Crippen molar-refractivity contribution in [3.8, 4) is 0 Å². The molecule has 1 aliphatic carbocycles. The third-order valence-corrected chi connectivity index (χ3v) is 5.26. The van der Waals surface area contributed by atoms with Crippen LogP contribution in [0.1, 0.15) is 40.0 Å². The Morgan fingerprint density at radius 1 is 1.45 bits per heavy atom. The minimum absolute atomic E-state index is 0.117. The van der Waals surface area contributed by atoms with E-state index in [1.807, 2.05) is 0 Å². The van der Waals surface area contributed by atoms with Gasteiger partial charge in [-0.3, -0.25) is 0 Å². The van der Waals surface area contributed by atoms with Gasteiger partial charge in [0.05, 0.1) is 36.4 Å². The summed E-state index contributed by atoms with van der Waals surface area (Å²) in [7, 11) is 1.68. The number of hydrogen-bond donors (Lipinski definition) is 1. The third-order valence-electron chi connectivity index (χ3n) is 5.26. The van der Waals surface area contributed by atoms with Crippen LogP contribution in [0.3, 0.4) is 0 Å². The molecule has 0 radical (unpaired) electrons. The summed E-state index contributed by atoms with van der Waals surface area (Å²) in [5.41, 5.74) is 0.964. The van der Waals surface area contributed by atoms with Crippen LogP contribution in [0.5, 0.6) is 0 Å². The van der Waals surface area contributed by atoms with E-state index in [-0.39, 0.29) is 29.3 Å². The third kappa shape index (κ3) is 2.23. The van der Waals surface area contributed by atoms with E-state index in [2.05, 4.69) is 26.8 Å².